The molecule has 0 radical (unpaired) electrons. The van der Waals surface area contributed by atoms with Crippen LogP contribution >= 0.6 is 0 Å². The Bertz CT molecular complexity index is 287. The van der Waals surface area contributed by atoms with Crippen molar-refractivity contribution in [2.45, 2.75) is 33.1 Å². The largest absolute Gasteiger partial charge is 0.502 e. The number of rotatable bonds is 6. The van der Waals surface area contributed by atoms with Gasteiger partial charge in [-0.1, -0.05) is 30.3 Å². The van der Waals surface area contributed by atoms with Gasteiger partial charge in [0.1, 0.15) is 0 Å². The van der Waals surface area contributed by atoms with E-state index in [1.54, 1.807) is 0 Å². The second-order valence-corrected chi connectivity index (χ2v) is 3.76. The van der Waals surface area contributed by atoms with E-state index in [4.69, 9.17) is 4.74 Å². The van der Waals surface area contributed by atoms with Gasteiger partial charge >= 0.3 is 0 Å². The van der Waals surface area contributed by atoms with Crippen molar-refractivity contribution in [1.82, 2.24) is 0 Å². The molecular formula is C14H20O. The number of allylic oxidation sites excluding steroid dienone is 1. The highest BCUT2D eigenvalue weighted by Gasteiger charge is 1.93. The van der Waals surface area contributed by atoms with Crippen molar-refractivity contribution in [3.05, 3.63) is 47.7 Å². The maximum Gasteiger partial charge on any atom is 0.0845 e. The summed E-state index contributed by atoms with van der Waals surface area (Å²) in [5.74, 6) is 0. The van der Waals surface area contributed by atoms with Crippen molar-refractivity contribution in [1.29, 1.82) is 0 Å². The molecule has 0 unspecified atom stereocenters. The van der Waals surface area contributed by atoms with E-state index in [1.807, 2.05) is 13.2 Å². The van der Waals surface area contributed by atoms with Crippen molar-refractivity contribution in [2.75, 3.05) is 6.61 Å². The van der Waals surface area contributed by atoms with E-state index in [2.05, 4.69) is 37.3 Å². The second-order valence-electron chi connectivity index (χ2n) is 3.76. The Morgan fingerprint density at radius 2 is 2.00 bits per heavy atom. The van der Waals surface area contributed by atoms with Gasteiger partial charge in [-0.05, 0) is 44.2 Å². The van der Waals surface area contributed by atoms with Gasteiger partial charge in [0.2, 0.25) is 0 Å². The van der Waals surface area contributed by atoms with Crippen LogP contribution in [0.15, 0.2) is 42.2 Å². The molecule has 0 saturated heterocycles. The van der Waals surface area contributed by atoms with Crippen molar-refractivity contribution < 1.29 is 4.74 Å². The predicted octanol–water partition coefficient (Wildman–Crippen LogP) is 3.95. The Labute approximate surface area is 92.8 Å². The molecule has 82 valence electrons. The molecule has 1 rings (SSSR count). The van der Waals surface area contributed by atoms with E-state index >= 15 is 0 Å². The molecule has 1 aromatic rings. The lowest BCUT2D eigenvalue weighted by atomic mass is 10.1. The van der Waals surface area contributed by atoms with Gasteiger partial charge in [-0.3, -0.25) is 0 Å². The molecule has 1 aromatic carbocycles. The molecule has 0 atom stereocenters. The molecule has 0 amide bonds. The lowest BCUT2D eigenvalue weighted by molar-refractivity contribution is 0.265. The van der Waals surface area contributed by atoms with Crippen molar-refractivity contribution in [3.63, 3.8) is 0 Å². The van der Waals surface area contributed by atoms with Gasteiger partial charge in [0.05, 0.1) is 12.9 Å². The summed E-state index contributed by atoms with van der Waals surface area (Å²) in [6.07, 6.45) is 5.34. The van der Waals surface area contributed by atoms with Crippen LogP contribution in [0.25, 0.3) is 0 Å². The Hall–Kier alpha value is -1.24. The fraction of sp³-hybridized carbons (Fsp3) is 0.429. The molecule has 0 aliphatic carbocycles. The third-order valence-electron chi connectivity index (χ3n) is 2.33. The van der Waals surface area contributed by atoms with Crippen LogP contribution in [0.2, 0.25) is 0 Å². The Balaban J connectivity index is 2.22. The molecule has 0 spiro atoms. The highest BCUT2D eigenvalue weighted by molar-refractivity contribution is 5.14. The van der Waals surface area contributed by atoms with Crippen LogP contribution in [-0.2, 0) is 11.2 Å². The third-order valence-corrected chi connectivity index (χ3v) is 2.33. The average molecular weight is 204 g/mol. The maximum absolute atomic E-state index is 5.24. The highest BCUT2D eigenvalue weighted by Crippen LogP contribution is 2.09. The molecule has 15 heavy (non-hydrogen) atoms. The summed E-state index contributed by atoms with van der Waals surface area (Å²) in [6, 6.07) is 10.6. The average Bonchev–Trinajstić information content (AvgIpc) is 2.28. The van der Waals surface area contributed by atoms with Gasteiger partial charge in [0.15, 0.2) is 0 Å². The molecule has 0 heterocycles. The summed E-state index contributed by atoms with van der Waals surface area (Å²) >= 11 is 0. The van der Waals surface area contributed by atoms with Crippen LogP contribution in [0.1, 0.15) is 32.3 Å². The van der Waals surface area contributed by atoms with E-state index in [0.717, 1.165) is 19.4 Å². The summed E-state index contributed by atoms with van der Waals surface area (Å²) in [5.41, 5.74) is 2.74. The lowest BCUT2D eigenvalue weighted by Crippen LogP contribution is -1.87. The molecule has 0 bridgehead atoms. The minimum Gasteiger partial charge on any atom is -0.502 e. The van der Waals surface area contributed by atoms with Gasteiger partial charge in [-0.25, -0.2) is 0 Å². The van der Waals surface area contributed by atoms with Crippen molar-refractivity contribution >= 4 is 0 Å². The summed E-state index contributed by atoms with van der Waals surface area (Å²) in [4.78, 5) is 0. The molecule has 0 aromatic heterocycles. The topological polar surface area (TPSA) is 9.23 Å². The molecule has 0 saturated carbocycles. The van der Waals surface area contributed by atoms with Crippen LogP contribution in [0.3, 0.4) is 0 Å². The zero-order valence-corrected chi connectivity index (χ0v) is 9.70. The fourth-order valence-corrected chi connectivity index (χ4v) is 1.50. The van der Waals surface area contributed by atoms with Gasteiger partial charge in [0.25, 0.3) is 0 Å². The second kappa shape index (κ2) is 7.10. The predicted molar refractivity (Wildman–Crippen MR) is 64.8 cm³/mol. The highest BCUT2D eigenvalue weighted by atomic mass is 16.5. The van der Waals surface area contributed by atoms with Crippen molar-refractivity contribution in [3.8, 4) is 0 Å². The summed E-state index contributed by atoms with van der Waals surface area (Å²) in [7, 11) is 0. The van der Waals surface area contributed by atoms with E-state index in [9.17, 15) is 0 Å². The smallest absolute Gasteiger partial charge is 0.0845 e. The first kappa shape index (κ1) is 11.8. The SMILES string of the molecule is CCO/C=C(/C)CCCc1ccccc1. The van der Waals surface area contributed by atoms with Gasteiger partial charge in [-0.2, -0.15) is 0 Å². The molecule has 0 N–H and O–H groups in total. The van der Waals surface area contributed by atoms with E-state index in [-0.39, 0.29) is 0 Å². The molecule has 1 heteroatoms. The van der Waals surface area contributed by atoms with E-state index in [0.29, 0.717) is 0 Å². The van der Waals surface area contributed by atoms with Crippen LogP contribution < -0.4 is 0 Å². The van der Waals surface area contributed by atoms with Crippen LogP contribution in [0, 0.1) is 0 Å². The van der Waals surface area contributed by atoms with Gasteiger partial charge < -0.3 is 4.74 Å². The monoisotopic (exact) mass is 204 g/mol. The van der Waals surface area contributed by atoms with E-state index < -0.39 is 0 Å². The van der Waals surface area contributed by atoms with Gasteiger partial charge in [-0.15, -0.1) is 0 Å². The Morgan fingerprint density at radius 1 is 1.27 bits per heavy atom. The lowest BCUT2D eigenvalue weighted by Gasteiger charge is -2.02. The summed E-state index contributed by atoms with van der Waals surface area (Å²) in [6.45, 7) is 4.89. The van der Waals surface area contributed by atoms with Crippen LogP contribution in [0.5, 0.6) is 0 Å². The summed E-state index contributed by atoms with van der Waals surface area (Å²) in [5, 5.41) is 0. The van der Waals surface area contributed by atoms with Crippen LogP contribution in [0.4, 0.5) is 0 Å². The minimum absolute atomic E-state index is 0.760. The zero-order valence-electron chi connectivity index (χ0n) is 9.70. The number of ether oxygens (including phenoxy) is 1. The normalized spacial score (nSPS) is 11.5. The molecular weight excluding hydrogens is 184 g/mol. The van der Waals surface area contributed by atoms with Crippen molar-refractivity contribution in [2.24, 2.45) is 0 Å². The molecule has 0 fully saturated rings. The van der Waals surface area contributed by atoms with E-state index in [1.165, 1.54) is 17.6 Å². The number of hydrogen-bond donors (Lipinski definition) is 0. The number of benzene rings is 1. The first-order valence-corrected chi connectivity index (χ1v) is 5.64. The first-order chi connectivity index (χ1) is 7.33. The first-order valence-electron chi connectivity index (χ1n) is 5.64. The minimum atomic E-state index is 0.760. The third kappa shape index (κ3) is 5.26. The zero-order chi connectivity index (χ0) is 10.9. The molecule has 1 nitrogen and oxygen atoms in total. The standard InChI is InChI=1S/C14H20O/c1-3-15-12-13(2)8-7-11-14-9-5-4-6-10-14/h4-6,9-10,12H,3,7-8,11H2,1-2H3/b13-12-. The fourth-order valence-electron chi connectivity index (χ4n) is 1.50. The summed E-state index contributed by atoms with van der Waals surface area (Å²) < 4.78 is 5.24. The number of aryl methyl sites for hydroxylation is 1. The Morgan fingerprint density at radius 3 is 2.67 bits per heavy atom. The van der Waals surface area contributed by atoms with Gasteiger partial charge in [0, 0.05) is 0 Å². The molecule has 0 aliphatic rings. The quantitative estimate of drug-likeness (QED) is 0.637. The molecule has 0 aliphatic heterocycles. The maximum atomic E-state index is 5.24. The Kier molecular flexibility index (Phi) is 5.60. The van der Waals surface area contributed by atoms with Crippen LogP contribution in [-0.4, -0.2) is 6.61 Å². The number of hydrogen-bond acceptors (Lipinski definition) is 1.